The number of ether oxygens (including phenoxy) is 2. The maximum absolute atomic E-state index is 8.57. The van der Waals surface area contributed by atoms with E-state index >= 15 is 0 Å². The second kappa shape index (κ2) is 3.59. The predicted molar refractivity (Wildman–Crippen MR) is 51.3 cm³/mol. The Kier molecular flexibility index (Phi) is 2.28. The predicted octanol–water partition coefficient (Wildman–Crippen LogP) is 1.91. The van der Waals surface area contributed by atoms with Crippen molar-refractivity contribution in [1.82, 2.24) is 0 Å². The van der Waals surface area contributed by atoms with Gasteiger partial charge in [0.25, 0.3) is 0 Å². The van der Waals surface area contributed by atoms with E-state index in [1.54, 1.807) is 7.11 Å². The fourth-order valence-corrected chi connectivity index (χ4v) is 1.71. The quantitative estimate of drug-likeness (QED) is 0.713. The van der Waals surface area contributed by atoms with Gasteiger partial charge in [0.15, 0.2) is 0 Å². The number of benzene rings is 1. The lowest BCUT2D eigenvalue weighted by Gasteiger charge is -2.04. The van der Waals surface area contributed by atoms with E-state index in [1.165, 1.54) is 0 Å². The Morgan fingerprint density at radius 2 is 2.50 bits per heavy atom. The molecule has 0 bridgehead atoms. The Bertz CT molecular complexity index is 381. The van der Waals surface area contributed by atoms with Crippen molar-refractivity contribution in [2.75, 3.05) is 7.11 Å². The molecule has 1 aliphatic heterocycles. The molecule has 1 heterocycles. The minimum absolute atomic E-state index is 0.00806. The number of methoxy groups -OCH3 is 1. The monoisotopic (exact) mass is 189 g/mol. The number of rotatable bonds is 2. The molecule has 1 aromatic carbocycles. The summed E-state index contributed by atoms with van der Waals surface area (Å²) in [6, 6.07) is 7.84. The lowest BCUT2D eigenvalue weighted by molar-refractivity contribution is 0.238. The second-order valence-corrected chi connectivity index (χ2v) is 3.24. The van der Waals surface area contributed by atoms with Gasteiger partial charge in [0.05, 0.1) is 19.6 Å². The van der Waals surface area contributed by atoms with Crippen LogP contribution in [-0.2, 0) is 6.42 Å². The van der Waals surface area contributed by atoms with Crippen molar-refractivity contribution in [2.45, 2.75) is 18.9 Å². The van der Waals surface area contributed by atoms with Crippen molar-refractivity contribution in [3.05, 3.63) is 23.8 Å². The summed E-state index contributed by atoms with van der Waals surface area (Å²) in [6.45, 7) is 0. The normalized spacial score (nSPS) is 18.1. The standard InChI is InChI=1S/C11H11NO2/c1-13-10-3-2-4-11-9(10)7-8(14-11)5-6-12/h2-4,8H,5,7H2,1H3/t8-/m1/s1. The van der Waals surface area contributed by atoms with Gasteiger partial charge in [-0.1, -0.05) is 6.07 Å². The van der Waals surface area contributed by atoms with Crippen LogP contribution in [0.2, 0.25) is 0 Å². The molecule has 1 aliphatic rings. The van der Waals surface area contributed by atoms with Gasteiger partial charge < -0.3 is 9.47 Å². The molecule has 0 spiro atoms. The molecule has 0 amide bonds. The first kappa shape index (κ1) is 8.89. The third kappa shape index (κ3) is 1.39. The Morgan fingerprint density at radius 1 is 1.64 bits per heavy atom. The molecule has 2 rings (SSSR count). The van der Waals surface area contributed by atoms with E-state index in [2.05, 4.69) is 6.07 Å². The number of fused-ring (bicyclic) bond motifs is 1. The van der Waals surface area contributed by atoms with Crippen LogP contribution in [0.25, 0.3) is 0 Å². The molecule has 1 aromatic rings. The van der Waals surface area contributed by atoms with Crippen molar-refractivity contribution in [3.63, 3.8) is 0 Å². The number of hydrogen-bond donors (Lipinski definition) is 0. The summed E-state index contributed by atoms with van der Waals surface area (Å²) in [4.78, 5) is 0. The van der Waals surface area contributed by atoms with Crippen molar-refractivity contribution in [3.8, 4) is 17.6 Å². The number of nitrogens with zero attached hydrogens (tertiary/aromatic N) is 1. The topological polar surface area (TPSA) is 42.2 Å². The van der Waals surface area contributed by atoms with E-state index in [9.17, 15) is 0 Å². The first-order valence-electron chi connectivity index (χ1n) is 4.54. The van der Waals surface area contributed by atoms with E-state index in [1.807, 2.05) is 18.2 Å². The first-order valence-corrected chi connectivity index (χ1v) is 4.54. The fraction of sp³-hybridized carbons (Fsp3) is 0.364. The van der Waals surface area contributed by atoms with Crippen molar-refractivity contribution < 1.29 is 9.47 Å². The van der Waals surface area contributed by atoms with Gasteiger partial charge in [0, 0.05) is 12.0 Å². The fourth-order valence-electron chi connectivity index (χ4n) is 1.71. The van der Waals surface area contributed by atoms with Crippen LogP contribution in [0.4, 0.5) is 0 Å². The highest BCUT2D eigenvalue weighted by Gasteiger charge is 2.25. The maximum atomic E-state index is 8.57. The summed E-state index contributed by atoms with van der Waals surface area (Å²) in [6.07, 6.45) is 1.19. The zero-order valence-corrected chi connectivity index (χ0v) is 7.99. The highest BCUT2D eigenvalue weighted by atomic mass is 16.5. The summed E-state index contributed by atoms with van der Waals surface area (Å²) in [5, 5.41) is 8.57. The van der Waals surface area contributed by atoms with Crippen LogP contribution in [0.3, 0.4) is 0 Å². The molecule has 14 heavy (non-hydrogen) atoms. The van der Waals surface area contributed by atoms with Gasteiger partial charge in [0.2, 0.25) is 0 Å². The van der Waals surface area contributed by atoms with Crippen LogP contribution in [0, 0.1) is 11.3 Å². The lowest BCUT2D eigenvalue weighted by atomic mass is 10.1. The zero-order valence-electron chi connectivity index (χ0n) is 7.99. The van der Waals surface area contributed by atoms with Crippen LogP contribution < -0.4 is 9.47 Å². The van der Waals surface area contributed by atoms with E-state index in [4.69, 9.17) is 14.7 Å². The Hall–Kier alpha value is -1.69. The van der Waals surface area contributed by atoms with Crippen molar-refractivity contribution in [2.24, 2.45) is 0 Å². The number of hydrogen-bond acceptors (Lipinski definition) is 3. The van der Waals surface area contributed by atoms with Crippen LogP contribution in [0.5, 0.6) is 11.5 Å². The maximum Gasteiger partial charge on any atom is 0.126 e. The van der Waals surface area contributed by atoms with Crippen molar-refractivity contribution in [1.29, 1.82) is 5.26 Å². The minimum Gasteiger partial charge on any atom is -0.496 e. The van der Waals surface area contributed by atoms with E-state index in [0.717, 1.165) is 23.5 Å². The smallest absolute Gasteiger partial charge is 0.126 e. The van der Waals surface area contributed by atoms with Gasteiger partial charge in [-0.15, -0.1) is 0 Å². The molecular weight excluding hydrogens is 178 g/mol. The molecule has 0 N–H and O–H groups in total. The molecule has 3 heteroatoms. The SMILES string of the molecule is COc1cccc2c1C[C@@H](CC#N)O2. The van der Waals surface area contributed by atoms with Gasteiger partial charge in [-0.3, -0.25) is 0 Å². The second-order valence-electron chi connectivity index (χ2n) is 3.24. The van der Waals surface area contributed by atoms with Gasteiger partial charge in [-0.2, -0.15) is 5.26 Å². The van der Waals surface area contributed by atoms with Crippen molar-refractivity contribution >= 4 is 0 Å². The average molecular weight is 189 g/mol. The molecule has 0 fully saturated rings. The summed E-state index contributed by atoms with van der Waals surface area (Å²) in [5.41, 5.74) is 1.08. The average Bonchev–Trinajstić information content (AvgIpc) is 2.60. The van der Waals surface area contributed by atoms with Gasteiger partial charge >= 0.3 is 0 Å². The Labute approximate surface area is 82.9 Å². The third-order valence-electron chi connectivity index (χ3n) is 2.35. The van der Waals surface area contributed by atoms with Crippen LogP contribution in [-0.4, -0.2) is 13.2 Å². The van der Waals surface area contributed by atoms with Gasteiger partial charge in [-0.25, -0.2) is 0 Å². The van der Waals surface area contributed by atoms with Gasteiger partial charge in [-0.05, 0) is 12.1 Å². The molecule has 0 saturated heterocycles. The summed E-state index contributed by atoms with van der Waals surface area (Å²) in [7, 11) is 1.65. The van der Waals surface area contributed by atoms with E-state index < -0.39 is 0 Å². The molecule has 0 unspecified atom stereocenters. The molecule has 1 atom stereocenters. The highest BCUT2D eigenvalue weighted by Crippen LogP contribution is 2.36. The summed E-state index contributed by atoms with van der Waals surface area (Å²) < 4.78 is 10.8. The lowest BCUT2D eigenvalue weighted by Crippen LogP contribution is -2.11. The Balaban J connectivity index is 2.26. The molecular formula is C11H11NO2. The molecule has 0 radical (unpaired) electrons. The van der Waals surface area contributed by atoms with Gasteiger partial charge in [0.1, 0.15) is 17.6 Å². The first-order chi connectivity index (χ1) is 6.85. The molecule has 0 aromatic heterocycles. The molecule has 72 valence electrons. The van der Waals surface area contributed by atoms with Crippen LogP contribution >= 0.6 is 0 Å². The van der Waals surface area contributed by atoms with E-state index in [0.29, 0.717) is 6.42 Å². The largest absolute Gasteiger partial charge is 0.496 e. The van der Waals surface area contributed by atoms with E-state index in [-0.39, 0.29) is 6.10 Å². The number of nitriles is 1. The molecule has 0 saturated carbocycles. The highest BCUT2D eigenvalue weighted by molar-refractivity contribution is 5.47. The van der Waals surface area contributed by atoms with Crippen LogP contribution in [0.15, 0.2) is 18.2 Å². The summed E-state index contributed by atoms with van der Waals surface area (Å²) >= 11 is 0. The molecule has 0 aliphatic carbocycles. The van der Waals surface area contributed by atoms with Crippen LogP contribution in [0.1, 0.15) is 12.0 Å². The summed E-state index contributed by atoms with van der Waals surface area (Å²) in [5.74, 6) is 1.70. The minimum atomic E-state index is -0.00806. The Morgan fingerprint density at radius 3 is 3.21 bits per heavy atom. The molecule has 3 nitrogen and oxygen atoms in total. The third-order valence-corrected chi connectivity index (χ3v) is 2.35. The zero-order chi connectivity index (χ0) is 9.97.